The number of phenolic OH excluding ortho intramolecular Hbond substituents is 1. The normalized spacial score (nSPS) is 42.1. The molecule has 0 saturated heterocycles. The van der Waals surface area contributed by atoms with Gasteiger partial charge in [-0.3, -0.25) is 0 Å². The van der Waals surface area contributed by atoms with E-state index < -0.39 is 34.6 Å². The highest BCUT2D eigenvalue weighted by Gasteiger charge is 2.68. The molecule has 6 atom stereocenters. The van der Waals surface area contributed by atoms with E-state index >= 15 is 0 Å². The number of aromatic hydroxyl groups is 1. The van der Waals surface area contributed by atoms with Gasteiger partial charge < -0.3 is 24.8 Å². The summed E-state index contributed by atoms with van der Waals surface area (Å²) < 4.78 is 12.0. The Bertz CT molecular complexity index is 907. The van der Waals surface area contributed by atoms with Crippen molar-refractivity contribution >= 4 is 5.97 Å². The number of fused-ring (bicyclic) bond motifs is 5. The van der Waals surface area contributed by atoms with Gasteiger partial charge in [-0.15, -0.1) is 0 Å². The van der Waals surface area contributed by atoms with Crippen LogP contribution in [-0.2, 0) is 17.8 Å². The summed E-state index contributed by atoms with van der Waals surface area (Å²) >= 11 is 0. The number of aliphatic hydroxyl groups excluding tert-OH is 2. The lowest BCUT2D eigenvalue weighted by molar-refractivity contribution is -0.240. The molecule has 0 bridgehead atoms. The Balaban J connectivity index is 1.66. The van der Waals surface area contributed by atoms with Crippen LogP contribution in [0.4, 0.5) is 0 Å². The van der Waals surface area contributed by atoms with Gasteiger partial charge in [-0.05, 0) is 42.6 Å². The lowest BCUT2D eigenvalue weighted by Crippen LogP contribution is -2.69. The van der Waals surface area contributed by atoms with E-state index in [0.29, 0.717) is 29.7 Å². The summed E-state index contributed by atoms with van der Waals surface area (Å²) in [5.74, 6) is 0.580. The minimum atomic E-state index is -0.829. The molecule has 2 fully saturated rings. The first kappa shape index (κ1) is 19.2. The predicted octanol–water partition coefficient (Wildman–Crippen LogP) is 2.94. The molecule has 2 aliphatic carbocycles. The Morgan fingerprint density at radius 2 is 1.86 bits per heavy atom. The van der Waals surface area contributed by atoms with Crippen molar-refractivity contribution in [1.82, 2.24) is 0 Å². The molecule has 2 aliphatic heterocycles. The minimum absolute atomic E-state index is 0.0723. The van der Waals surface area contributed by atoms with E-state index in [4.69, 9.17) is 9.47 Å². The number of carbonyl (C=O) groups is 1. The molecule has 0 radical (unpaired) electrons. The molecule has 3 N–H and O–H groups in total. The Morgan fingerprint density at radius 1 is 1.14 bits per heavy atom. The lowest BCUT2D eigenvalue weighted by atomic mass is 9.43. The largest absolute Gasteiger partial charge is 0.508 e. The number of benzene rings is 1. The summed E-state index contributed by atoms with van der Waals surface area (Å²) in [6.45, 7) is 8.59. The number of hydrogen-bond donors (Lipinski definition) is 3. The summed E-state index contributed by atoms with van der Waals surface area (Å²) in [6.07, 6.45) is 1.27. The lowest BCUT2D eigenvalue weighted by Gasteiger charge is -2.64. The predicted molar refractivity (Wildman–Crippen MR) is 105 cm³/mol. The Labute approximate surface area is 170 Å². The maximum atomic E-state index is 12.1. The van der Waals surface area contributed by atoms with E-state index in [-0.39, 0.29) is 24.2 Å². The van der Waals surface area contributed by atoms with E-state index in [9.17, 15) is 20.1 Å². The van der Waals surface area contributed by atoms with Crippen molar-refractivity contribution in [2.24, 2.45) is 22.7 Å². The molecule has 1 spiro atoms. The standard InChI is InChI=1S/C23H30O6/c1-11-5-6-17-21(2,3)19(26)16(25)9-22(17,4)23(11)8-13-15(24)7-12-14(18(13)29-23)10-28-20(12)27/h7,11,16-17,19,24-26H,5-6,8-10H2,1-4H3/t11-,16+,17-,19+,22-,23+/m0/s1. The Hall–Kier alpha value is -1.79. The fourth-order valence-electron chi connectivity index (χ4n) is 7.22. The van der Waals surface area contributed by atoms with Crippen molar-refractivity contribution in [2.75, 3.05) is 0 Å². The van der Waals surface area contributed by atoms with Crippen molar-refractivity contribution in [2.45, 2.75) is 77.8 Å². The van der Waals surface area contributed by atoms with Crippen molar-refractivity contribution in [3.8, 4) is 11.5 Å². The zero-order chi connectivity index (χ0) is 20.9. The quantitative estimate of drug-likeness (QED) is 0.578. The smallest absolute Gasteiger partial charge is 0.339 e. The summed E-state index contributed by atoms with van der Waals surface area (Å²) in [7, 11) is 0. The van der Waals surface area contributed by atoms with Gasteiger partial charge in [0.2, 0.25) is 0 Å². The van der Waals surface area contributed by atoms with Crippen LogP contribution < -0.4 is 4.74 Å². The van der Waals surface area contributed by atoms with E-state index in [1.807, 2.05) is 13.8 Å². The molecule has 5 rings (SSSR count). The number of aliphatic hydroxyl groups is 2. The highest BCUT2D eigenvalue weighted by molar-refractivity contribution is 5.95. The average molecular weight is 402 g/mol. The molecule has 2 saturated carbocycles. The van der Waals surface area contributed by atoms with Crippen LogP contribution in [0.5, 0.6) is 11.5 Å². The number of cyclic esters (lactones) is 1. The van der Waals surface area contributed by atoms with Crippen molar-refractivity contribution < 1.29 is 29.6 Å². The molecule has 0 unspecified atom stereocenters. The summed E-state index contributed by atoms with van der Waals surface area (Å²) in [5, 5.41) is 32.2. The van der Waals surface area contributed by atoms with Crippen LogP contribution in [0.1, 0.15) is 68.4 Å². The fourth-order valence-corrected chi connectivity index (χ4v) is 7.22. The monoisotopic (exact) mass is 402 g/mol. The number of ether oxygens (including phenoxy) is 2. The first-order valence-corrected chi connectivity index (χ1v) is 10.6. The number of esters is 1. The van der Waals surface area contributed by atoms with Crippen LogP contribution in [0, 0.1) is 22.7 Å². The minimum Gasteiger partial charge on any atom is -0.508 e. The van der Waals surface area contributed by atoms with Crippen LogP contribution in [0.3, 0.4) is 0 Å². The van der Waals surface area contributed by atoms with Crippen LogP contribution in [-0.4, -0.2) is 39.1 Å². The van der Waals surface area contributed by atoms with Gasteiger partial charge in [-0.2, -0.15) is 0 Å². The van der Waals surface area contributed by atoms with E-state index in [1.165, 1.54) is 6.07 Å². The molecule has 0 amide bonds. The van der Waals surface area contributed by atoms with Crippen LogP contribution in [0.15, 0.2) is 6.07 Å². The van der Waals surface area contributed by atoms with Gasteiger partial charge in [0.1, 0.15) is 23.7 Å². The van der Waals surface area contributed by atoms with Gasteiger partial charge >= 0.3 is 5.97 Å². The molecule has 0 aromatic heterocycles. The van der Waals surface area contributed by atoms with Crippen LogP contribution >= 0.6 is 0 Å². The van der Waals surface area contributed by atoms with Crippen molar-refractivity contribution in [1.29, 1.82) is 0 Å². The van der Waals surface area contributed by atoms with Gasteiger partial charge in [-0.1, -0.05) is 27.7 Å². The Kier molecular flexibility index (Phi) is 3.75. The van der Waals surface area contributed by atoms with E-state index in [1.54, 1.807) is 0 Å². The maximum Gasteiger partial charge on any atom is 0.339 e. The molecular formula is C23H30O6. The summed E-state index contributed by atoms with van der Waals surface area (Å²) in [6, 6.07) is 1.50. The van der Waals surface area contributed by atoms with Crippen molar-refractivity contribution in [3.05, 3.63) is 22.8 Å². The van der Waals surface area contributed by atoms with Gasteiger partial charge in [-0.25, -0.2) is 4.79 Å². The zero-order valence-electron chi connectivity index (χ0n) is 17.5. The molecular weight excluding hydrogens is 372 g/mol. The van der Waals surface area contributed by atoms with Crippen LogP contribution in [0.25, 0.3) is 0 Å². The number of hydrogen-bond acceptors (Lipinski definition) is 6. The average Bonchev–Trinajstić information content (AvgIpc) is 3.22. The summed E-state index contributed by atoms with van der Waals surface area (Å²) in [5.41, 5.74) is 0.356. The molecule has 4 aliphatic rings. The second-order valence-electron chi connectivity index (χ2n) is 10.5. The van der Waals surface area contributed by atoms with Gasteiger partial charge in [0.05, 0.1) is 17.8 Å². The molecule has 1 aromatic carbocycles. The highest BCUT2D eigenvalue weighted by atomic mass is 16.5. The van der Waals surface area contributed by atoms with Gasteiger partial charge in [0.25, 0.3) is 0 Å². The molecule has 1 aromatic rings. The first-order valence-electron chi connectivity index (χ1n) is 10.6. The molecule has 29 heavy (non-hydrogen) atoms. The molecule has 2 heterocycles. The van der Waals surface area contributed by atoms with Crippen molar-refractivity contribution in [3.63, 3.8) is 0 Å². The topological polar surface area (TPSA) is 96.2 Å². The van der Waals surface area contributed by atoms with Crippen LogP contribution in [0.2, 0.25) is 0 Å². The fraction of sp³-hybridized carbons (Fsp3) is 0.696. The van der Waals surface area contributed by atoms with Gasteiger partial charge in [0.15, 0.2) is 0 Å². The summed E-state index contributed by atoms with van der Waals surface area (Å²) in [4.78, 5) is 12.1. The number of rotatable bonds is 0. The second kappa shape index (κ2) is 5.67. The third-order valence-corrected chi connectivity index (χ3v) is 8.83. The maximum absolute atomic E-state index is 12.1. The molecule has 6 heteroatoms. The highest BCUT2D eigenvalue weighted by Crippen LogP contribution is 2.67. The number of carbonyl (C=O) groups excluding carboxylic acids is 1. The second-order valence-corrected chi connectivity index (χ2v) is 10.5. The molecule has 158 valence electrons. The third kappa shape index (κ3) is 2.17. The van der Waals surface area contributed by atoms with Gasteiger partial charge in [0, 0.05) is 23.0 Å². The van der Waals surface area contributed by atoms with E-state index in [2.05, 4.69) is 13.8 Å². The molecule has 6 nitrogen and oxygen atoms in total. The van der Waals surface area contributed by atoms with E-state index in [0.717, 1.165) is 18.4 Å². The third-order valence-electron chi connectivity index (χ3n) is 8.83. The SMILES string of the molecule is C[C@H]1CC[C@H]2C(C)(C)[C@H](O)[C@H](O)C[C@]2(C)[C@@]12Cc1c(O)cc3c(c1O2)COC3=O. The first-order chi connectivity index (χ1) is 13.5. The number of phenols is 1. The Morgan fingerprint density at radius 3 is 2.59 bits per heavy atom. The zero-order valence-corrected chi connectivity index (χ0v) is 17.5.